The molecule has 3 rings (SSSR count). The summed E-state index contributed by atoms with van der Waals surface area (Å²) in [5.41, 5.74) is 2.34. The number of methoxy groups -OCH3 is 1. The van der Waals surface area contributed by atoms with E-state index >= 15 is 0 Å². The summed E-state index contributed by atoms with van der Waals surface area (Å²) in [5.74, 6) is 1.07. The van der Waals surface area contributed by atoms with Gasteiger partial charge in [-0.3, -0.25) is 0 Å². The van der Waals surface area contributed by atoms with E-state index in [1.807, 2.05) is 24.3 Å². The van der Waals surface area contributed by atoms with Gasteiger partial charge in [0.1, 0.15) is 12.4 Å². The predicted molar refractivity (Wildman–Crippen MR) is 116 cm³/mol. The molecule has 3 nitrogen and oxygen atoms in total. The van der Waals surface area contributed by atoms with Gasteiger partial charge < -0.3 is 14.8 Å². The van der Waals surface area contributed by atoms with Gasteiger partial charge in [-0.15, -0.1) is 0 Å². The molecule has 152 valence electrons. The average molecular weight is 434 g/mol. The molecule has 0 saturated heterocycles. The fourth-order valence-electron chi connectivity index (χ4n) is 2.99. The zero-order valence-electron chi connectivity index (χ0n) is 16.1. The first-order valence-corrected chi connectivity index (χ1v) is 10.0. The van der Waals surface area contributed by atoms with Crippen LogP contribution in [-0.2, 0) is 19.6 Å². The summed E-state index contributed by atoms with van der Waals surface area (Å²) in [4.78, 5) is 0. The van der Waals surface area contributed by atoms with Gasteiger partial charge >= 0.3 is 0 Å². The zero-order chi connectivity index (χ0) is 20.6. The lowest BCUT2D eigenvalue weighted by Crippen LogP contribution is -2.18. The van der Waals surface area contributed by atoms with Gasteiger partial charge in [0, 0.05) is 27.7 Å². The minimum absolute atomic E-state index is 0.184. The number of para-hydroxylation sites is 1. The van der Waals surface area contributed by atoms with Gasteiger partial charge in [-0.1, -0.05) is 59.6 Å². The highest BCUT2D eigenvalue weighted by Crippen LogP contribution is 2.33. The van der Waals surface area contributed by atoms with Crippen molar-refractivity contribution in [1.29, 1.82) is 0 Å². The van der Waals surface area contributed by atoms with E-state index < -0.39 is 0 Å². The van der Waals surface area contributed by atoms with E-state index in [0.29, 0.717) is 46.6 Å². The topological polar surface area (TPSA) is 30.5 Å². The molecule has 0 spiro atoms. The van der Waals surface area contributed by atoms with Gasteiger partial charge in [-0.05, 0) is 42.8 Å². The van der Waals surface area contributed by atoms with Crippen molar-refractivity contribution in [2.75, 3.05) is 13.7 Å². The van der Waals surface area contributed by atoms with E-state index in [-0.39, 0.29) is 12.4 Å². The second-order valence-corrected chi connectivity index (χ2v) is 7.27. The third kappa shape index (κ3) is 5.63. The molecule has 0 atom stereocenters. The molecule has 3 aromatic rings. The van der Waals surface area contributed by atoms with Crippen molar-refractivity contribution in [2.45, 2.75) is 19.6 Å². The average Bonchev–Trinajstić information content (AvgIpc) is 2.72. The zero-order valence-corrected chi connectivity index (χ0v) is 17.6. The standard InChI is InChI=1S/C23H22Cl2FNO2/c1-28-22-11-4-7-17(14-27-13-12-16-6-2-3-10-21(16)26)23(22)29-15-18-19(24)8-5-9-20(18)25/h2-11,27H,12-15H2,1H3. The Morgan fingerprint density at radius 1 is 0.897 bits per heavy atom. The van der Waals surface area contributed by atoms with Crippen LogP contribution in [0.3, 0.4) is 0 Å². The van der Waals surface area contributed by atoms with Crippen LogP contribution in [0.5, 0.6) is 11.5 Å². The molecule has 3 aromatic carbocycles. The van der Waals surface area contributed by atoms with E-state index in [0.717, 1.165) is 11.1 Å². The molecule has 0 heterocycles. The fraction of sp³-hybridized carbons (Fsp3) is 0.217. The van der Waals surface area contributed by atoms with Gasteiger partial charge in [0.05, 0.1) is 7.11 Å². The molecule has 0 saturated carbocycles. The van der Waals surface area contributed by atoms with Crippen LogP contribution in [0, 0.1) is 5.82 Å². The summed E-state index contributed by atoms with van der Waals surface area (Å²) in [6, 6.07) is 17.9. The van der Waals surface area contributed by atoms with Crippen LogP contribution in [0.25, 0.3) is 0 Å². The predicted octanol–water partition coefficient (Wildman–Crippen LogP) is 6.05. The molecule has 0 fully saturated rings. The Hall–Kier alpha value is -2.27. The van der Waals surface area contributed by atoms with Crippen molar-refractivity contribution < 1.29 is 13.9 Å². The van der Waals surface area contributed by atoms with Gasteiger partial charge in [0.25, 0.3) is 0 Å². The molecule has 6 heteroatoms. The first-order chi connectivity index (χ1) is 14.1. The molecule has 29 heavy (non-hydrogen) atoms. The van der Waals surface area contributed by atoms with Crippen molar-refractivity contribution in [3.8, 4) is 11.5 Å². The van der Waals surface area contributed by atoms with Crippen molar-refractivity contribution in [2.24, 2.45) is 0 Å². The third-order valence-electron chi connectivity index (χ3n) is 4.55. The summed E-state index contributed by atoms with van der Waals surface area (Å²) in [6.45, 7) is 1.41. The number of hydrogen-bond acceptors (Lipinski definition) is 3. The molecule has 0 unspecified atom stereocenters. The molecule has 0 radical (unpaired) electrons. The normalized spacial score (nSPS) is 10.8. The Morgan fingerprint density at radius 2 is 1.59 bits per heavy atom. The van der Waals surface area contributed by atoms with E-state index in [1.165, 1.54) is 6.07 Å². The maximum atomic E-state index is 13.7. The van der Waals surface area contributed by atoms with Gasteiger partial charge in [-0.2, -0.15) is 0 Å². The Kier molecular flexibility index (Phi) is 7.76. The molecule has 0 aromatic heterocycles. The summed E-state index contributed by atoms with van der Waals surface area (Å²) in [6.07, 6.45) is 0.599. The van der Waals surface area contributed by atoms with E-state index in [1.54, 1.807) is 37.4 Å². The second kappa shape index (κ2) is 10.5. The lowest BCUT2D eigenvalue weighted by atomic mass is 10.1. The summed E-state index contributed by atoms with van der Waals surface area (Å²) >= 11 is 12.5. The number of ether oxygens (including phenoxy) is 2. The Labute approximate surface area is 180 Å². The maximum absolute atomic E-state index is 13.7. The van der Waals surface area contributed by atoms with Crippen LogP contribution in [0.2, 0.25) is 10.0 Å². The number of nitrogens with one attached hydrogen (secondary N) is 1. The summed E-state index contributed by atoms with van der Waals surface area (Å²) in [5, 5.41) is 4.44. The van der Waals surface area contributed by atoms with Gasteiger partial charge in [0.15, 0.2) is 11.5 Å². The minimum atomic E-state index is -0.184. The maximum Gasteiger partial charge on any atom is 0.166 e. The Bertz CT molecular complexity index is 945. The van der Waals surface area contributed by atoms with E-state index in [9.17, 15) is 4.39 Å². The summed E-state index contributed by atoms with van der Waals surface area (Å²) in [7, 11) is 1.60. The second-order valence-electron chi connectivity index (χ2n) is 6.46. The molecule has 0 amide bonds. The van der Waals surface area contributed by atoms with Crippen molar-refractivity contribution >= 4 is 23.2 Å². The van der Waals surface area contributed by atoms with E-state index in [2.05, 4.69) is 5.32 Å². The molecule has 1 N–H and O–H groups in total. The minimum Gasteiger partial charge on any atom is -0.493 e. The first kappa shape index (κ1) is 21.4. The van der Waals surface area contributed by atoms with Gasteiger partial charge in [-0.25, -0.2) is 4.39 Å². The van der Waals surface area contributed by atoms with E-state index in [4.69, 9.17) is 32.7 Å². The number of halogens is 3. The smallest absolute Gasteiger partial charge is 0.166 e. The van der Waals surface area contributed by atoms with Crippen LogP contribution < -0.4 is 14.8 Å². The lowest BCUT2D eigenvalue weighted by Gasteiger charge is -2.16. The van der Waals surface area contributed by atoms with Crippen molar-refractivity contribution in [3.05, 3.63) is 93.2 Å². The Morgan fingerprint density at radius 3 is 2.31 bits per heavy atom. The Balaban J connectivity index is 1.67. The van der Waals surface area contributed by atoms with Crippen LogP contribution in [0.1, 0.15) is 16.7 Å². The molecule has 0 bridgehead atoms. The molecular formula is C23H22Cl2FNO2. The molecule has 0 aliphatic heterocycles. The number of benzene rings is 3. The lowest BCUT2D eigenvalue weighted by molar-refractivity contribution is 0.281. The third-order valence-corrected chi connectivity index (χ3v) is 5.26. The fourth-order valence-corrected chi connectivity index (χ4v) is 3.49. The number of hydrogen-bond donors (Lipinski definition) is 1. The van der Waals surface area contributed by atoms with Crippen LogP contribution in [0.4, 0.5) is 4.39 Å². The van der Waals surface area contributed by atoms with Crippen molar-refractivity contribution in [1.82, 2.24) is 5.32 Å². The highest BCUT2D eigenvalue weighted by Gasteiger charge is 2.13. The van der Waals surface area contributed by atoms with Crippen LogP contribution >= 0.6 is 23.2 Å². The van der Waals surface area contributed by atoms with Crippen LogP contribution in [0.15, 0.2) is 60.7 Å². The van der Waals surface area contributed by atoms with Crippen molar-refractivity contribution in [3.63, 3.8) is 0 Å². The monoisotopic (exact) mass is 433 g/mol. The quantitative estimate of drug-likeness (QED) is 0.416. The molecule has 0 aliphatic rings. The van der Waals surface area contributed by atoms with Crippen LogP contribution in [-0.4, -0.2) is 13.7 Å². The van der Waals surface area contributed by atoms with Gasteiger partial charge in [0.2, 0.25) is 0 Å². The first-order valence-electron chi connectivity index (χ1n) is 9.26. The largest absolute Gasteiger partial charge is 0.493 e. The SMILES string of the molecule is COc1cccc(CNCCc2ccccc2F)c1OCc1c(Cl)cccc1Cl. The number of rotatable bonds is 9. The highest BCUT2D eigenvalue weighted by molar-refractivity contribution is 6.35. The molecular weight excluding hydrogens is 412 g/mol. The highest BCUT2D eigenvalue weighted by atomic mass is 35.5. The molecule has 0 aliphatic carbocycles. The summed E-state index contributed by atoms with van der Waals surface area (Å²) < 4.78 is 25.2.